The van der Waals surface area contributed by atoms with E-state index in [2.05, 4.69) is 10.6 Å². The summed E-state index contributed by atoms with van der Waals surface area (Å²) in [5.74, 6) is -0.802. The van der Waals surface area contributed by atoms with Crippen LogP contribution in [0.1, 0.15) is 30.0 Å². The Labute approximate surface area is 158 Å². The zero-order valence-corrected chi connectivity index (χ0v) is 15.2. The number of hydrogen-bond acceptors (Lipinski definition) is 2. The minimum Gasteiger partial charge on any atom is -0.349 e. The average molecular weight is 381 g/mol. The highest BCUT2D eigenvalue weighted by Gasteiger charge is 2.24. The molecule has 0 spiro atoms. The maximum Gasteiger partial charge on any atom is 0.224 e. The maximum absolute atomic E-state index is 13.6. The molecule has 0 saturated carbocycles. The lowest BCUT2D eigenvalue weighted by Crippen LogP contribution is -2.42. The Morgan fingerprint density at radius 1 is 1.15 bits per heavy atom. The molecule has 0 bridgehead atoms. The van der Waals surface area contributed by atoms with Crippen molar-refractivity contribution in [3.8, 4) is 0 Å². The monoisotopic (exact) mass is 380 g/mol. The van der Waals surface area contributed by atoms with Gasteiger partial charge in [0.1, 0.15) is 11.6 Å². The Balaban J connectivity index is 0.00000243. The molecule has 6 heteroatoms. The second-order valence-corrected chi connectivity index (χ2v) is 6.49. The molecule has 0 radical (unpaired) electrons. The molecule has 3 nitrogen and oxygen atoms in total. The topological polar surface area (TPSA) is 41.1 Å². The van der Waals surface area contributed by atoms with E-state index in [0.717, 1.165) is 24.9 Å². The van der Waals surface area contributed by atoms with Crippen LogP contribution in [0.2, 0.25) is 0 Å². The fourth-order valence-electron chi connectivity index (χ4n) is 3.24. The van der Waals surface area contributed by atoms with Gasteiger partial charge in [-0.1, -0.05) is 24.3 Å². The average Bonchev–Trinajstić information content (AvgIpc) is 2.62. The molecule has 1 amide bonds. The number of nitrogens with one attached hydrogen (secondary N) is 2. The largest absolute Gasteiger partial charge is 0.349 e. The van der Waals surface area contributed by atoms with E-state index in [1.54, 1.807) is 18.2 Å². The SMILES string of the molecule is Cl.O=C(NC(Cc1cccc(F)c1)c1cccc(F)c1)C1CCCNC1. The zero-order chi connectivity index (χ0) is 17.6. The van der Waals surface area contributed by atoms with Crippen LogP contribution in [0.15, 0.2) is 48.5 Å². The van der Waals surface area contributed by atoms with E-state index < -0.39 is 6.04 Å². The number of carbonyl (C=O) groups is 1. The van der Waals surface area contributed by atoms with E-state index in [9.17, 15) is 13.6 Å². The van der Waals surface area contributed by atoms with Crippen molar-refractivity contribution in [3.05, 3.63) is 71.3 Å². The van der Waals surface area contributed by atoms with Gasteiger partial charge in [-0.2, -0.15) is 0 Å². The Morgan fingerprint density at radius 2 is 1.88 bits per heavy atom. The molecule has 2 atom stereocenters. The minimum absolute atomic E-state index is 0. The van der Waals surface area contributed by atoms with Crippen molar-refractivity contribution in [1.29, 1.82) is 0 Å². The van der Waals surface area contributed by atoms with Gasteiger partial charge in [0, 0.05) is 6.54 Å². The molecule has 3 rings (SSSR count). The number of benzene rings is 2. The number of carbonyl (C=O) groups excluding carboxylic acids is 1. The lowest BCUT2D eigenvalue weighted by Gasteiger charge is -2.26. The van der Waals surface area contributed by atoms with E-state index >= 15 is 0 Å². The van der Waals surface area contributed by atoms with Gasteiger partial charge in [0.05, 0.1) is 12.0 Å². The van der Waals surface area contributed by atoms with Crippen LogP contribution in [0.25, 0.3) is 0 Å². The summed E-state index contributed by atoms with van der Waals surface area (Å²) < 4.78 is 27.1. The third-order valence-electron chi connectivity index (χ3n) is 4.56. The fourth-order valence-corrected chi connectivity index (χ4v) is 3.24. The van der Waals surface area contributed by atoms with Crippen molar-refractivity contribution >= 4 is 18.3 Å². The molecule has 140 valence electrons. The van der Waals surface area contributed by atoms with Crippen LogP contribution in [-0.4, -0.2) is 19.0 Å². The van der Waals surface area contributed by atoms with Gasteiger partial charge < -0.3 is 10.6 Å². The van der Waals surface area contributed by atoms with Crippen molar-refractivity contribution in [1.82, 2.24) is 10.6 Å². The van der Waals surface area contributed by atoms with Gasteiger partial charge in [0.15, 0.2) is 0 Å². The predicted octanol–water partition coefficient (Wildman–Crippen LogP) is 3.79. The normalized spacial score (nSPS) is 17.8. The van der Waals surface area contributed by atoms with Crippen LogP contribution in [0.4, 0.5) is 8.78 Å². The highest BCUT2D eigenvalue weighted by molar-refractivity contribution is 5.85. The highest BCUT2D eigenvalue weighted by Crippen LogP contribution is 2.21. The number of halogens is 3. The molecule has 0 aromatic heterocycles. The molecule has 2 N–H and O–H groups in total. The maximum atomic E-state index is 13.6. The molecular formula is C20H23ClF2N2O. The molecule has 0 aliphatic carbocycles. The molecule has 1 aliphatic rings. The smallest absolute Gasteiger partial charge is 0.224 e. The van der Waals surface area contributed by atoms with Crippen LogP contribution >= 0.6 is 12.4 Å². The summed E-state index contributed by atoms with van der Waals surface area (Å²) >= 11 is 0. The van der Waals surface area contributed by atoms with E-state index in [1.807, 2.05) is 6.07 Å². The Bertz CT molecular complexity index is 735. The quantitative estimate of drug-likeness (QED) is 0.828. The Kier molecular flexibility index (Phi) is 7.54. The van der Waals surface area contributed by atoms with Crippen molar-refractivity contribution in [2.75, 3.05) is 13.1 Å². The van der Waals surface area contributed by atoms with E-state index in [0.29, 0.717) is 18.5 Å². The van der Waals surface area contributed by atoms with Gasteiger partial charge >= 0.3 is 0 Å². The van der Waals surface area contributed by atoms with Gasteiger partial charge in [-0.3, -0.25) is 4.79 Å². The summed E-state index contributed by atoms with van der Waals surface area (Å²) in [6, 6.07) is 12.1. The van der Waals surface area contributed by atoms with Crippen LogP contribution in [-0.2, 0) is 11.2 Å². The van der Waals surface area contributed by atoms with Gasteiger partial charge in [-0.15, -0.1) is 12.4 Å². The van der Waals surface area contributed by atoms with Crippen molar-refractivity contribution < 1.29 is 13.6 Å². The second kappa shape index (κ2) is 9.64. The van der Waals surface area contributed by atoms with Crippen LogP contribution in [0.3, 0.4) is 0 Å². The third-order valence-corrected chi connectivity index (χ3v) is 4.56. The molecule has 1 heterocycles. The van der Waals surface area contributed by atoms with E-state index in [4.69, 9.17) is 0 Å². The van der Waals surface area contributed by atoms with E-state index in [1.165, 1.54) is 24.3 Å². The number of amides is 1. The summed E-state index contributed by atoms with van der Waals surface area (Å²) in [6.07, 6.45) is 2.22. The fraction of sp³-hybridized carbons (Fsp3) is 0.350. The van der Waals surface area contributed by atoms with Crippen molar-refractivity contribution in [2.24, 2.45) is 5.92 Å². The number of hydrogen-bond donors (Lipinski definition) is 2. The standard InChI is InChI=1S/C20H22F2N2O.ClH/c21-17-7-1-4-14(10-17)11-19(15-5-2-8-18(22)12-15)24-20(25)16-6-3-9-23-13-16;/h1-2,4-5,7-8,10,12,16,19,23H,3,6,9,11,13H2,(H,24,25);1H. The van der Waals surface area contributed by atoms with Gasteiger partial charge in [0.25, 0.3) is 0 Å². The van der Waals surface area contributed by atoms with Gasteiger partial charge in [-0.05, 0) is 61.2 Å². The Morgan fingerprint density at radius 3 is 2.54 bits per heavy atom. The molecule has 26 heavy (non-hydrogen) atoms. The second-order valence-electron chi connectivity index (χ2n) is 6.49. The molecule has 1 fully saturated rings. The number of piperidine rings is 1. The molecular weight excluding hydrogens is 358 g/mol. The first-order valence-corrected chi connectivity index (χ1v) is 8.63. The van der Waals surface area contributed by atoms with Crippen LogP contribution in [0.5, 0.6) is 0 Å². The summed E-state index contributed by atoms with van der Waals surface area (Å²) in [6.45, 7) is 1.59. The molecule has 2 aromatic rings. The van der Waals surface area contributed by atoms with Gasteiger partial charge in [0.2, 0.25) is 5.91 Å². The Hall–Kier alpha value is -1.98. The first kappa shape index (κ1) is 20.3. The van der Waals surface area contributed by atoms with Crippen molar-refractivity contribution in [3.63, 3.8) is 0 Å². The number of rotatable bonds is 5. The molecule has 1 saturated heterocycles. The van der Waals surface area contributed by atoms with Crippen molar-refractivity contribution in [2.45, 2.75) is 25.3 Å². The lowest BCUT2D eigenvalue weighted by atomic mass is 9.95. The minimum atomic E-state index is -0.396. The third kappa shape index (κ3) is 5.51. The van der Waals surface area contributed by atoms with E-state index in [-0.39, 0.29) is 35.9 Å². The van der Waals surface area contributed by atoms with Crippen LogP contribution in [0, 0.1) is 17.6 Å². The zero-order valence-electron chi connectivity index (χ0n) is 14.4. The summed E-state index contributed by atoms with van der Waals surface area (Å²) in [7, 11) is 0. The molecule has 1 aliphatic heterocycles. The summed E-state index contributed by atoms with van der Waals surface area (Å²) in [4.78, 5) is 12.6. The predicted molar refractivity (Wildman–Crippen MR) is 100 cm³/mol. The molecule has 2 aromatic carbocycles. The first-order valence-electron chi connectivity index (χ1n) is 8.63. The van der Waals surface area contributed by atoms with Gasteiger partial charge in [-0.25, -0.2) is 8.78 Å². The van der Waals surface area contributed by atoms with Crippen LogP contribution < -0.4 is 10.6 Å². The summed E-state index contributed by atoms with van der Waals surface area (Å²) in [5.41, 5.74) is 1.44. The summed E-state index contributed by atoms with van der Waals surface area (Å²) in [5, 5.41) is 6.25. The lowest BCUT2D eigenvalue weighted by molar-refractivity contribution is -0.126. The first-order chi connectivity index (χ1) is 12.1. The molecule has 2 unspecified atom stereocenters. The highest BCUT2D eigenvalue weighted by atomic mass is 35.5.